The van der Waals surface area contributed by atoms with Crippen molar-refractivity contribution in [1.29, 1.82) is 0 Å². The molecule has 0 fully saturated rings. The number of primary amides is 1. The van der Waals surface area contributed by atoms with Crippen LogP contribution < -0.4 is 11.1 Å². The normalized spacial score (nSPS) is 10.1. The van der Waals surface area contributed by atoms with Crippen LogP contribution in [0.2, 0.25) is 0 Å². The fourth-order valence-electron chi connectivity index (χ4n) is 1.98. The number of benzene rings is 1. The molecule has 7 heteroatoms. The monoisotopic (exact) mass is 286 g/mol. The summed E-state index contributed by atoms with van der Waals surface area (Å²) in [7, 11) is 0. The third kappa shape index (κ3) is 3.14. The lowest BCUT2D eigenvalue weighted by Crippen LogP contribution is -2.15. The van der Waals surface area contributed by atoms with E-state index in [-0.39, 0.29) is 11.3 Å². The average Bonchev–Trinajstić information content (AvgIpc) is 2.46. The van der Waals surface area contributed by atoms with Gasteiger partial charge in [-0.2, -0.15) is 0 Å². The number of nitro benzene ring substituents is 1. The van der Waals surface area contributed by atoms with Crippen LogP contribution >= 0.6 is 0 Å². The van der Waals surface area contributed by atoms with Crippen LogP contribution in [0.15, 0.2) is 36.5 Å². The van der Waals surface area contributed by atoms with E-state index in [1.54, 1.807) is 31.2 Å². The molecule has 1 heterocycles. The van der Waals surface area contributed by atoms with E-state index in [1.807, 2.05) is 0 Å². The summed E-state index contributed by atoms with van der Waals surface area (Å²) in [5.41, 5.74) is 6.94. The van der Waals surface area contributed by atoms with E-state index in [9.17, 15) is 14.9 Å². The number of carbonyl (C=O) groups is 1. The van der Waals surface area contributed by atoms with E-state index in [0.717, 1.165) is 5.56 Å². The van der Waals surface area contributed by atoms with Gasteiger partial charge in [-0.25, -0.2) is 4.98 Å². The lowest BCUT2D eigenvalue weighted by Gasteiger charge is -2.10. The van der Waals surface area contributed by atoms with E-state index in [1.165, 1.54) is 12.3 Å². The molecule has 0 aliphatic heterocycles. The summed E-state index contributed by atoms with van der Waals surface area (Å²) in [6.45, 7) is 1.99. The molecule has 0 spiro atoms. The summed E-state index contributed by atoms with van der Waals surface area (Å²) < 4.78 is 0. The summed E-state index contributed by atoms with van der Waals surface area (Å²) in [5.74, 6) is -0.225. The minimum atomic E-state index is -0.582. The first kappa shape index (κ1) is 14.4. The maximum atomic E-state index is 11.3. The van der Waals surface area contributed by atoms with E-state index >= 15 is 0 Å². The van der Waals surface area contributed by atoms with Crippen molar-refractivity contribution in [3.05, 3.63) is 63.3 Å². The van der Waals surface area contributed by atoms with Crippen molar-refractivity contribution in [1.82, 2.24) is 4.98 Å². The highest BCUT2D eigenvalue weighted by Gasteiger charge is 2.14. The second-order valence-corrected chi connectivity index (χ2v) is 4.44. The zero-order valence-electron chi connectivity index (χ0n) is 11.4. The number of nitro groups is 1. The molecule has 3 N–H and O–H groups in total. The van der Waals surface area contributed by atoms with Crippen molar-refractivity contribution in [2.24, 2.45) is 5.73 Å². The van der Waals surface area contributed by atoms with Crippen LogP contribution in [0, 0.1) is 17.0 Å². The first-order valence-corrected chi connectivity index (χ1v) is 6.22. The fraction of sp³-hybridized carbons (Fsp3) is 0.143. The van der Waals surface area contributed by atoms with Gasteiger partial charge >= 0.3 is 0 Å². The van der Waals surface area contributed by atoms with Gasteiger partial charge in [0.05, 0.1) is 10.5 Å². The number of nitrogens with zero attached hydrogens (tertiary/aromatic N) is 2. The number of hydrogen-bond acceptors (Lipinski definition) is 5. The molecule has 1 amide bonds. The Hall–Kier alpha value is -2.96. The molecule has 1 aromatic carbocycles. The summed E-state index contributed by atoms with van der Waals surface area (Å²) in [6, 6.07) is 8.04. The quantitative estimate of drug-likeness (QED) is 0.645. The zero-order chi connectivity index (χ0) is 15.4. The van der Waals surface area contributed by atoms with Gasteiger partial charge in [0.15, 0.2) is 0 Å². The largest absolute Gasteiger partial charge is 0.365 e. The van der Waals surface area contributed by atoms with Crippen molar-refractivity contribution >= 4 is 17.4 Å². The summed E-state index contributed by atoms with van der Waals surface area (Å²) in [6.07, 6.45) is 1.54. The molecule has 21 heavy (non-hydrogen) atoms. The smallest absolute Gasteiger partial charge is 0.272 e. The van der Waals surface area contributed by atoms with Crippen molar-refractivity contribution in [3.63, 3.8) is 0 Å². The molecule has 0 aliphatic rings. The maximum absolute atomic E-state index is 11.3. The number of nitrogens with two attached hydrogens (primary N) is 1. The van der Waals surface area contributed by atoms with Crippen LogP contribution in [0.1, 0.15) is 21.5 Å². The van der Waals surface area contributed by atoms with Crippen LogP contribution in [0.25, 0.3) is 0 Å². The highest BCUT2D eigenvalue weighted by molar-refractivity contribution is 5.97. The van der Waals surface area contributed by atoms with Gasteiger partial charge in [0.25, 0.3) is 11.6 Å². The number of nitrogens with one attached hydrogen (secondary N) is 1. The van der Waals surface area contributed by atoms with Gasteiger partial charge in [-0.15, -0.1) is 0 Å². The predicted molar refractivity (Wildman–Crippen MR) is 77.9 cm³/mol. The summed E-state index contributed by atoms with van der Waals surface area (Å²) in [4.78, 5) is 25.8. The second-order valence-electron chi connectivity index (χ2n) is 4.44. The van der Waals surface area contributed by atoms with Gasteiger partial charge in [-0.05, 0) is 24.6 Å². The molecule has 7 nitrogen and oxygen atoms in total. The lowest BCUT2D eigenvalue weighted by molar-refractivity contribution is -0.385. The van der Waals surface area contributed by atoms with Gasteiger partial charge in [-0.3, -0.25) is 14.9 Å². The molecule has 108 valence electrons. The van der Waals surface area contributed by atoms with E-state index in [4.69, 9.17) is 5.73 Å². The summed E-state index contributed by atoms with van der Waals surface area (Å²) >= 11 is 0. The molecule has 1 aromatic heterocycles. The Morgan fingerprint density at radius 2 is 2.14 bits per heavy atom. The molecule has 0 bridgehead atoms. The Labute approximate surface area is 121 Å². The Morgan fingerprint density at radius 3 is 2.81 bits per heavy atom. The number of anilines is 1. The molecule has 0 saturated carbocycles. The van der Waals surface area contributed by atoms with Gasteiger partial charge in [0.1, 0.15) is 5.82 Å². The molecule has 2 aromatic rings. The Bertz CT molecular complexity index is 700. The van der Waals surface area contributed by atoms with Crippen LogP contribution in [0.5, 0.6) is 0 Å². The first-order valence-electron chi connectivity index (χ1n) is 6.22. The predicted octanol–water partition coefficient (Wildman–Crippen LogP) is 2.01. The molecule has 0 unspecified atom stereocenters. The molecular formula is C14H14N4O3. The number of carbonyl (C=O) groups excluding carboxylic acids is 1. The molecule has 0 atom stereocenters. The number of aromatic nitrogens is 1. The Morgan fingerprint density at radius 1 is 1.38 bits per heavy atom. The SMILES string of the molecule is Cc1c(CNc2ncccc2C(N)=O)cccc1[N+](=O)[O-]. The number of pyridine rings is 1. The number of amides is 1. The van der Waals surface area contributed by atoms with E-state index < -0.39 is 10.8 Å². The lowest BCUT2D eigenvalue weighted by atomic mass is 10.1. The van der Waals surface area contributed by atoms with Crippen LogP contribution in [-0.4, -0.2) is 15.8 Å². The second kappa shape index (κ2) is 6.00. The summed E-state index contributed by atoms with van der Waals surface area (Å²) in [5, 5.41) is 13.9. The van der Waals surface area contributed by atoms with Crippen molar-refractivity contribution < 1.29 is 9.72 Å². The highest BCUT2D eigenvalue weighted by Crippen LogP contribution is 2.22. The minimum absolute atomic E-state index is 0.0606. The maximum Gasteiger partial charge on any atom is 0.272 e. The minimum Gasteiger partial charge on any atom is -0.365 e. The number of hydrogen-bond donors (Lipinski definition) is 2. The van der Waals surface area contributed by atoms with Crippen LogP contribution in [0.4, 0.5) is 11.5 Å². The van der Waals surface area contributed by atoms with Gasteiger partial charge in [-0.1, -0.05) is 12.1 Å². The molecule has 0 radical (unpaired) electrons. The third-order valence-electron chi connectivity index (χ3n) is 3.13. The average molecular weight is 286 g/mol. The van der Waals surface area contributed by atoms with Crippen LogP contribution in [-0.2, 0) is 6.54 Å². The zero-order valence-corrected chi connectivity index (χ0v) is 11.4. The molecular weight excluding hydrogens is 272 g/mol. The standard InChI is InChI=1S/C14H14N4O3/c1-9-10(4-2-6-12(9)18(20)21)8-17-14-11(13(15)19)5-3-7-16-14/h2-7H,8H2,1H3,(H2,15,19)(H,16,17). The van der Waals surface area contributed by atoms with Crippen LogP contribution in [0.3, 0.4) is 0 Å². The van der Waals surface area contributed by atoms with Crippen molar-refractivity contribution in [2.45, 2.75) is 13.5 Å². The van der Waals surface area contributed by atoms with Crippen molar-refractivity contribution in [3.8, 4) is 0 Å². The fourth-order valence-corrected chi connectivity index (χ4v) is 1.98. The van der Waals surface area contributed by atoms with Gasteiger partial charge in [0.2, 0.25) is 0 Å². The molecule has 0 aliphatic carbocycles. The Balaban J connectivity index is 2.23. The first-order chi connectivity index (χ1) is 10.0. The van der Waals surface area contributed by atoms with Gasteiger partial charge in [0, 0.05) is 24.4 Å². The number of rotatable bonds is 5. The Kier molecular flexibility index (Phi) is 4.13. The third-order valence-corrected chi connectivity index (χ3v) is 3.13. The van der Waals surface area contributed by atoms with Crippen molar-refractivity contribution in [2.75, 3.05) is 5.32 Å². The highest BCUT2D eigenvalue weighted by atomic mass is 16.6. The van der Waals surface area contributed by atoms with E-state index in [0.29, 0.717) is 17.9 Å². The molecule has 2 rings (SSSR count). The van der Waals surface area contributed by atoms with Gasteiger partial charge < -0.3 is 11.1 Å². The molecule has 0 saturated heterocycles. The van der Waals surface area contributed by atoms with E-state index in [2.05, 4.69) is 10.3 Å². The topological polar surface area (TPSA) is 111 Å².